The van der Waals surface area contributed by atoms with E-state index in [2.05, 4.69) is 25.3 Å². The van der Waals surface area contributed by atoms with Crippen molar-refractivity contribution in [2.24, 2.45) is 0 Å². The number of rotatable bonds is 11. The largest absolute Gasteiger partial charge is 0.481 e. The van der Waals surface area contributed by atoms with Crippen LogP contribution in [-0.2, 0) is 11.3 Å². The van der Waals surface area contributed by atoms with Crippen LogP contribution in [0.1, 0.15) is 0 Å². The van der Waals surface area contributed by atoms with Gasteiger partial charge in [-0.25, -0.2) is 13.8 Å². The van der Waals surface area contributed by atoms with Crippen LogP contribution in [0.2, 0.25) is 0 Å². The second kappa shape index (κ2) is 12.8. The number of nitrogens with zero attached hydrogens (tertiary/aromatic N) is 8. The summed E-state index contributed by atoms with van der Waals surface area (Å²) in [4.78, 5) is 39.7. The van der Waals surface area contributed by atoms with Gasteiger partial charge in [0.05, 0.1) is 12.0 Å². The molecule has 17 heteroatoms. The Hall–Kier alpha value is -4.61. The minimum atomic E-state index is -0.876. The summed E-state index contributed by atoms with van der Waals surface area (Å²) in [5.41, 5.74) is 7.23. The summed E-state index contributed by atoms with van der Waals surface area (Å²) in [5.74, 6) is -1.26. The number of anilines is 2. The fraction of sp³-hybridized carbons (Fsp3) is 0.393. The number of ether oxygens (including phenoxy) is 1. The Morgan fingerprint density at radius 3 is 2.67 bits per heavy atom. The maximum Gasteiger partial charge on any atom is 0.309 e. The number of likely N-dealkylation sites (N-methyl/N-ethyl adjacent to an activating group) is 1. The zero-order valence-corrected chi connectivity index (χ0v) is 25.5. The third kappa shape index (κ3) is 6.45. The molecule has 0 aliphatic carbocycles. The third-order valence-corrected chi connectivity index (χ3v) is 8.42. The highest BCUT2D eigenvalue weighted by Crippen LogP contribution is 2.29. The summed E-state index contributed by atoms with van der Waals surface area (Å²) >= 11 is 1.02. The molecular weight excluding hydrogens is 610 g/mol. The zero-order chi connectivity index (χ0) is 31.7. The van der Waals surface area contributed by atoms with Crippen LogP contribution in [-0.4, -0.2) is 106 Å². The van der Waals surface area contributed by atoms with Crippen molar-refractivity contribution >= 4 is 44.9 Å². The number of nitrogens with one attached hydrogen (secondary N) is 1. The summed E-state index contributed by atoms with van der Waals surface area (Å²) in [6.45, 7) is 3.69. The van der Waals surface area contributed by atoms with E-state index in [4.69, 9.17) is 14.9 Å². The van der Waals surface area contributed by atoms with Crippen LogP contribution >= 0.6 is 11.3 Å². The molecule has 1 aliphatic heterocycles. The molecule has 5 aromatic rings. The molecule has 0 unspecified atom stereocenters. The van der Waals surface area contributed by atoms with E-state index < -0.39 is 17.5 Å². The van der Waals surface area contributed by atoms with Crippen molar-refractivity contribution < 1.29 is 22.7 Å². The first-order valence-electron chi connectivity index (χ1n) is 14.3. The van der Waals surface area contributed by atoms with Gasteiger partial charge in [-0.3, -0.25) is 19.1 Å². The number of amides is 1. The standard InChI is InChI=1S/C28H32F2N10O4S/c1-36(2)6-5-32-22(41)16-44-21-15-19(17(29)14-18(21)30)38-10-7-37(8-11-38)9-12-39-25-23(45-28(39)42)26-33-24(20-4-3-13-43-20)35-40(26)27(31)34-25/h3-4,13-15H,5-12,16H2,1-2H3,(H2,31,34)(H,32,41). The van der Waals surface area contributed by atoms with Gasteiger partial charge in [0, 0.05) is 64.5 Å². The summed E-state index contributed by atoms with van der Waals surface area (Å²) in [6, 6.07) is 5.53. The van der Waals surface area contributed by atoms with E-state index >= 15 is 0 Å². The molecule has 1 aliphatic rings. The van der Waals surface area contributed by atoms with Crippen molar-refractivity contribution in [3.8, 4) is 17.3 Å². The lowest BCUT2D eigenvalue weighted by molar-refractivity contribution is -0.123. The average molecular weight is 643 g/mol. The first-order chi connectivity index (χ1) is 21.7. The van der Waals surface area contributed by atoms with Gasteiger partial charge in [-0.1, -0.05) is 11.3 Å². The minimum Gasteiger partial charge on any atom is -0.481 e. The highest BCUT2D eigenvalue weighted by atomic mass is 32.1. The van der Waals surface area contributed by atoms with E-state index in [0.29, 0.717) is 79.9 Å². The van der Waals surface area contributed by atoms with E-state index in [1.54, 1.807) is 16.7 Å². The van der Waals surface area contributed by atoms with E-state index in [1.807, 2.05) is 23.9 Å². The van der Waals surface area contributed by atoms with E-state index in [9.17, 15) is 18.4 Å². The van der Waals surface area contributed by atoms with Crippen LogP contribution in [0.15, 0.2) is 39.7 Å². The lowest BCUT2D eigenvalue weighted by Gasteiger charge is -2.36. The molecule has 1 aromatic carbocycles. The van der Waals surface area contributed by atoms with Crippen molar-refractivity contribution in [2.75, 3.05) is 77.1 Å². The van der Waals surface area contributed by atoms with Gasteiger partial charge in [0.1, 0.15) is 10.5 Å². The number of nitrogens with two attached hydrogens (primary N) is 1. The number of carbonyl (C=O) groups excluding carboxylic acids is 1. The van der Waals surface area contributed by atoms with Crippen LogP contribution in [0.5, 0.6) is 5.75 Å². The molecule has 0 spiro atoms. The fourth-order valence-corrected chi connectivity index (χ4v) is 6.01. The molecule has 5 heterocycles. The molecule has 4 aromatic heterocycles. The maximum atomic E-state index is 14.8. The number of benzene rings is 1. The maximum absolute atomic E-state index is 14.8. The topological polar surface area (TPSA) is 152 Å². The van der Waals surface area contributed by atoms with Gasteiger partial charge in [-0.15, -0.1) is 5.10 Å². The molecule has 1 saturated heterocycles. The van der Waals surface area contributed by atoms with Crippen molar-refractivity contribution in [3.63, 3.8) is 0 Å². The molecule has 0 atom stereocenters. The van der Waals surface area contributed by atoms with Crippen LogP contribution in [0.25, 0.3) is 27.6 Å². The smallest absolute Gasteiger partial charge is 0.309 e. The minimum absolute atomic E-state index is 0.0950. The zero-order valence-electron chi connectivity index (χ0n) is 24.7. The van der Waals surface area contributed by atoms with Crippen LogP contribution in [0.3, 0.4) is 0 Å². The van der Waals surface area contributed by atoms with Crippen molar-refractivity contribution in [1.29, 1.82) is 0 Å². The van der Waals surface area contributed by atoms with E-state index in [1.165, 1.54) is 16.8 Å². The average Bonchev–Trinajstić information content (AvgIpc) is 3.75. The Morgan fingerprint density at radius 2 is 1.93 bits per heavy atom. The van der Waals surface area contributed by atoms with Gasteiger partial charge in [-0.2, -0.15) is 9.50 Å². The van der Waals surface area contributed by atoms with Crippen LogP contribution < -0.4 is 25.6 Å². The summed E-state index contributed by atoms with van der Waals surface area (Å²) < 4.78 is 43.6. The predicted molar refractivity (Wildman–Crippen MR) is 165 cm³/mol. The predicted octanol–water partition coefficient (Wildman–Crippen LogP) is 1.50. The molecule has 1 fully saturated rings. The summed E-state index contributed by atoms with van der Waals surface area (Å²) in [6.07, 6.45) is 1.52. The number of carbonyl (C=O) groups is 1. The first-order valence-corrected chi connectivity index (χ1v) is 15.1. The first kappa shape index (κ1) is 30.4. The number of piperazine rings is 1. The molecule has 45 heavy (non-hydrogen) atoms. The number of fused-ring (bicyclic) bond motifs is 3. The van der Waals surface area contributed by atoms with Gasteiger partial charge >= 0.3 is 4.87 Å². The normalized spacial score (nSPS) is 14.2. The molecule has 0 bridgehead atoms. The van der Waals surface area contributed by atoms with Gasteiger partial charge in [0.2, 0.25) is 11.8 Å². The van der Waals surface area contributed by atoms with Crippen LogP contribution in [0.4, 0.5) is 20.4 Å². The number of hydrogen-bond acceptors (Lipinski definition) is 12. The summed E-state index contributed by atoms with van der Waals surface area (Å²) in [5, 5.41) is 7.07. The SMILES string of the molecule is CN(C)CCNC(=O)COc1cc(N2CCN(CCn3c(=O)sc4c3nc(N)n3nc(-c5ccco5)nc43)CC2)c(F)cc1F. The Balaban J connectivity index is 1.09. The summed E-state index contributed by atoms with van der Waals surface area (Å²) in [7, 11) is 3.77. The van der Waals surface area contributed by atoms with Crippen molar-refractivity contribution in [2.45, 2.75) is 6.54 Å². The highest BCUT2D eigenvalue weighted by Gasteiger charge is 2.24. The lowest BCUT2D eigenvalue weighted by atomic mass is 10.2. The monoisotopic (exact) mass is 642 g/mol. The molecule has 0 saturated carbocycles. The Bertz CT molecular complexity index is 1880. The lowest BCUT2D eigenvalue weighted by Crippen LogP contribution is -2.47. The van der Waals surface area contributed by atoms with Crippen molar-refractivity contribution in [3.05, 3.63) is 51.8 Å². The number of nitrogen functional groups attached to an aromatic ring is 1. The molecule has 14 nitrogen and oxygen atoms in total. The van der Waals surface area contributed by atoms with Crippen LogP contribution in [0, 0.1) is 11.6 Å². The molecule has 0 radical (unpaired) electrons. The van der Waals surface area contributed by atoms with E-state index in [-0.39, 0.29) is 28.9 Å². The number of hydrogen-bond donors (Lipinski definition) is 2. The second-order valence-corrected chi connectivity index (χ2v) is 11.8. The number of thiazole rings is 1. The Morgan fingerprint density at radius 1 is 1.13 bits per heavy atom. The van der Waals surface area contributed by atoms with Gasteiger partial charge in [0.25, 0.3) is 5.91 Å². The molecule has 3 N–H and O–H groups in total. The molecule has 1 amide bonds. The van der Waals surface area contributed by atoms with E-state index in [0.717, 1.165) is 17.4 Å². The Kier molecular flexibility index (Phi) is 8.64. The number of halogens is 2. The number of aromatic nitrogens is 5. The van der Waals surface area contributed by atoms with Crippen molar-refractivity contribution in [1.82, 2.24) is 39.3 Å². The molecule has 6 rings (SSSR count). The number of furan rings is 1. The van der Waals surface area contributed by atoms with Gasteiger partial charge in [0.15, 0.2) is 35.2 Å². The quantitative estimate of drug-likeness (QED) is 0.216. The second-order valence-electron chi connectivity index (χ2n) is 10.8. The molecular formula is C28H32F2N10O4S. The third-order valence-electron chi connectivity index (χ3n) is 7.45. The van der Waals surface area contributed by atoms with Gasteiger partial charge < -0.3 is 30.0 Å². The highest BCUT2D eigenvalue weighted by molar-refractivity contribution is 7.17. The molecule has 238 valence electrons. The van der Waals surface area contributed by atoms with Gasteiger partial charge in [-0.05, 0) is 26.2 Å². The fourth-order valence-electron chi connectivity index (χ4n) is 5.07. The Labute approximate surface area is 259 Å².